The van der Waals surface area contributed by atoms with Crippen LogP contribution in [0, 0.1) is 5.92 Å². The minimum absolute atomic E-state index is 0.201. The van der Waals surface area contributed by atoms with E-state index in [1.807, 2.05) is 0 Å². The third kappa shape index (κ3) is 4.03. The zero-order valence-electron chi connectivity index (χ0n) is 11.9. The Labute approximate surface area is 116 Å². The lowest BCUT2D eigenvalue weighted by Gasteiger charge is -2.27. The monoisotopic (exact) mass is 262 g/mol. The van der Waals surface area contributed by atoms with Gasteiger partial charge in [0.25, 0.3) is 0 Å². The average molecular weight is 262 g/mol. The van der Waals surface area contributed by atoms with Gasteiger partial charge in [-0.05, 0) is 31.5 Å². The highest BCUT2D eigenvalue weighted by molar-refractivity contribution is 5.18. The van der Waals surface area contributed by atoms with E-state index in [9.17, 15) is 0 Å². The van der Waals surface area contributed by atoms with Crippen LogP contribution in [-0.2, 0) is 4.74 Å². The number of hydrogen-bond acceptors (Lipinski definition) is 3. The van der Waals surface area contributed by atoms with Gasteiger partial charge in [0.2, 0.25) is 0 Å². The fourth-order valence-electron chi connectivity index (χ4n) is 2.95. The Kier molecular flexibility index (Phi) is 5.83. The molecule has 0 spiro atoms. The minimum Gasteiger partial charge on any atom is -0.372 e. The van der Waals surface area contributed by atoms with Gasteiger partial charge in [-0.15, -0.1) is 0 Å². The number of nitrogens with two attached hydrogens (primary N) is 1. The van der Waals surface area contributed by atoms with Gasteiger partial charge in [0, 0.05) is 19.0 Å². The molecule has 2 rings (SSSR count). The fraction of sp³-hybridized carbons (Fsp3) is 0.625. The van der Waals surface area contributed by atoms with Crippen LogP contribution in [0.1, 0.15) is 31.4 Å². The van der Waals surface area contributed by atoms with Crippen molar-refractivity contribution >= 4 is 0 Å². The molecule has 0 bridgehead atoms. The summed E-state index contributed by atoms with van der Waals surface area (Å²) in [6.45, 7) is 7.09. The van der Waals surface area contributed by atoms with Crippen LogP contribution >= 0.6 is 0 Å². The molecule has 2 unspecified atom stereocenters. The normalized spacial score (nSPS) is 25.2. The summed E-state index contributed by atoms with van der Waals surface area (Å²) >= 11 is 0. The van der Waals surface area contributed by atoms with Gasteiger partial charge in [0.05, 0.1) is 12.7 Å². The van der Waals surface area contributed by atoms with Gasteiger partial charge in [0.1, 0.15) is 0 Å². The second-order valence-corrected chi connectivity index (χ2v) is 5.34. The van der Waals surface area contributed by atoms with Crippen molar-refractivity contribution in [3.8, 4) is 0 Å². The van der Waals surface area contributed by atoms with Crippen LogP contribution in [0.4, 0.5) is 0 Å². The Bertz CT molecular complexity index is 355. The molecule has 0 saturated carbocycles. The van der Waals surface area contributed by atoms with Crippen LogP contribution in [0.5, 0.6) is 0 Å². The molecule has 1 aromatic rings. The molecule has 106 valence electrons. The predicted molar refractivity (Wildman–Crippen MR) is 79.0 cm³/mol. The van der Waals surface area contributed by atoms with Crippen molar-refractivity contribution in [3.63, 3.8) is 0 Å². The first-order chi connectivity index (χ1) is 9.35. The van der Waals surface area contributed by atoms with Crippen molar-refractivity contribution in [2.24, 2.45) is 11.7 Å². The fourth-order valence-corrected chi connectivity index (χ4v) is 2.95. The predicted octanol–water partition coefficient (Wildman–Crippen LogP) is 2.43. The van der Waals surface area contributed by atoms with Crippen molar-refractivity contribution in [2.75, 3.05) is 32.8 Å². The summed E-state index contributed by atoms with van der Waals surface area (Å²) in [5.74, 6) is 0.501. The van der Waals surface area contributed by atoms with E-state index in [2.05, 4.69) is 42.2 Å². The number of hydrogen-bond donors (Lipinski definition) is 1. The molecule has 1 fully saturated rings. The van der Waals surface area contributed by atoms with Gasteiger partial charge in [-0.25, -0.2) is 0 Å². The summed E-state index contributed by atoms with van der Waals surface area (Å²) in [5, 5.41) is 0. The lowest BCUT2D eigenvalue weighted by atomic mass is 9.92. The average Bonchev–Trinajstić information content (AvgIpc) is 2.63. The number of rotatable bonds is 5. The first-order valence-electron chi connectivity index (χ1n) is 7.44. The largest absolute Gasteiger partial charge is 0.372 e. The molecule has 1 aliphatic heterocycles. The SMILES string of the molecule is CCCN1CCOC(c2ccccc2)C(CCN)C1. The highest BCUT2D eigenvalue weighted by Gasteiger charge is 2.28. The van der Waals surface area contributed by atoms with Gasteiger partial charge >= 0.3 is 0 Å². The lowest BCUT2D eigenvalue weighted by Crippen LogP contribution is -2.32. The zero-order chi connectivity index (χ0) is 13.5. The van der Waals surface area contributed by atoms with Crippen molar-refractivity contribution < 1.29 is 4.74 Å². The maximum Gasteiger partial charge on any atom is 0.0866 e. The summed E-state index contributed by atoms with van der Waals surface area (Å²) in [4.78, 5) is 2.52. The third-order valence-corrected chi connectivity index (χ3v) is 3.83. The van der Waals surface area contributed by atoms with E-state index in [1.165, 1.54) is 12.0 Å². The van der Waals surface area contributed by atoms with Crippen molar-refractivity contribution in [3.05, 3.63) is 35.9 Å². The van der Waals surface area contributed by atoms with Gasteiger partial charge < -0.3 is 15.4 Å². The van der Waals surface area contributed by atoms with Crippen LogP contribution in [0.3, 0.4) is 0 Å². The van der Waals surface area contributed by atoms with Gasteiger partial charge in [0.15, 0.2) is 0 Å². The highest BCUT2D eigenvalue weighted by atomic mass is 16.5. The summed E-state index contributed by atoms with van der Waals surface area (Å²) in [5.41, 5.74) is 7.09. The summed E-state index contributed by atoms with van der Waals surface area (Å²) in [6.07, 6.45) is 2.43. The van der Waals surface area contributed by atoms with Gasteiger partial charge in [-0.2, -0.15) is 0 Å². The Morgan fingerprint density at radius 3 is 2.79 bits per heavy atom. The van der Waals surface area contributed by atoms with Crippen LogP contribution < -0.4 is 5.73 Å². The maximum absolute atomic E-state index is 6.13. The van der Waals surface area contributed by atoms with Crippen LogP contribution in [0.15, 0.2) is 30.3 Å². The van der Waals surface area contributed by atoms with E-state index in [4.69, 9.17) is 10.5 Å². The van der Waals surface area contributed by atoms with Gasteiger partial charge in [-0.3, -0.25) is 0 Å². The second kappa shape index (κ2) is 7.63. The van der Waals surface area contributed by atoms with Gasteiger partial charge in [-0.1, -0.05) is 37.3 Å². The molecule has 1 heterocycles. The topological polar surface area (TPSA) is 38.5 Å². The van der Waals surface area contributed by atoms with E-state index >= 15 is 0 Å². The van der Waals surface area contributed by atoms with E-state index in [1.54, 1.807) is 0 Å². The van der Waals surface area contributed by atoms with Crippen molar-refractivity contribution in [2.45, 2.75) is 25.9 Å². The summed E-state index contributed by atoms with van der Waals surface area (Å²) in [7, 11) is 0. The first-order valence-corrected chi connectivity index (χ1v) is 7.44. The molecule has 1 aliphatic rings. The molecule has 1 aromatic carbocycles. The zero-order valence-corrected chi connectivity index (χ0v) is 11.9. The quantitative estimate of drug-likeness (QED) is 0.885. The Hall–Kier alpha value is -0.900. The highest BCUT2D eigenvalue weighted by Crippen LogP contribution is 2.31. The van der Waals surface area contributed by atoms with Crippen molar-refractivity contribution in [1.29, 1.82) is 0 Å². The Morgan fingerprint density at radius 1 is 1.32 bits per heavy atom. The van der Waals surface area contributed by atoms with E-state index in [0.29, 0.717) is 5.92 Å². The molecule has 3 heteroatoms. The molecule has 19 heavy (non-hydrogen) atoms. The van der Waals surface area contributed by atoms with Crippen LogP contribution in [-0.4, -0.2) is 37.7 Å². The standard InChI is InChI=1S/C16H26N2O/c1-2-10-18-11-12-19-16(15(13-18)8-9-17)14-6-4-3-5-7-14/h3-7,15-16H,2,8-13,17H2,1H3. The number of ether oxygens (including phenoxy) is 1. The van der Waals surface area contributed by atoms with Crippen LogP contribution in [0.2, 0.25) is 0 Å². The Morgan fingerprint density at radius 2 is 2.11 bits per heavy atom. The number of benzene rings is 1. The molecule has 0 radical (unpaired) electrons. The van der Waals surface area contributed by atoms with Crippen molar-refractivity contribution in [1.82, 2.24) is 4.90 Å². The van der Waals surface area contributed by atoms with E-state index in [-0.39, 0.29) is 6.10 Å². The molecule has 3 nitrogen and oxygen atoms in total. The lowest BCUT2D eigenvalue weighted by molar-refractivity contribution is 0.0287. The molecule has 1 saturated heterocycles. The molecule has 0 amide bonds. The molecule has 2 atom stereocenters. The molecular weight excluding hydrogens is 236 g/mol. The third-order valence-electron chi connectivity index (χ3n) is 3.83. The Balaban J connectivity index is 2.11. The second-order valence-electron chi connectivity index (χ2n) is 5.34. The minimum atomic E-state index is 0.201. The molecular formula is C16H26N2O. The maximum atomic E-state index is 6.13. The molecule has 0 aliphatic carbocycles. The van der Waals surface area contributed by atoms with E-state index < -0.39 is 0 Å². The molecule has 2 N–H and O–H groups in total. The first kappa shape index (κ1) is 14.5. The van der Waals surface area contributed by atoms with E-state index in [0.717, 1.165) is 39.2 Å². The molecule has 0 aromatic heterocycles. The number of nitrogens with zero attached hydrogens (tertiary/aromatic N) is 1. The summed E-state index contributed by atoms with van der Waals surface area (Å²) in [6, 6.07) is 10.6. The van der Waals surface area contributed by atoms with Crippen LogP contribution in [0.25, 0.3) is 0 Å². The smallest absolute Gasteiger partial charge is 0.0866 e. The summed E-state index contributed by atoms with van der Waals surface area (Å²) < 4.78 is 6.13.